The first kappa shape index (κ1) is 11.8. The molecular weight excluding hydrogens is 220 g/mol. The molecule has 0 bridgehead atoms. The lowest BCUT2D eigenvalue weighted by atomic mass is 9.78. The average molecular weight is 236 g/mol. The highest BCUT2D eigenvalue weighted by molar-refractivity contribution is 6.03. The first-order valence-corrected chi connectivity index (χ1v) is 5.71. The van der Waals surface area contributed by atoms with E-state index >= 15 is 0 Å². The third kappa shape index (κ3) is 1.97. The number of carbonyl (C=O) groups excluding carboxylic acids is 2. The summed E-state index contributed by atoms with van der Waals surface area (Å²) in [6, 6.07) is 1.90. The van der Waals surface area contributed by atoms with Gasteiger partial charge in [0, 0.05) is 25.4 Å². The summed E-state index contributed by atoms with van der Waals surface area (Å²) < 4.78 is 6.71. The maximum absolute atomic E-state index is 11.7. The van der Waals surface area contributed by atoms with Gasteiger partial charge in [0.05, 0.1) is 6.61 Å². The minimum atomic E-state index is -0.926. The van der Waals surface area contributed by atoms with Gasteiger partial charge in [0.15, 0.2) is 0 Å². The molecule has 2 rings (SSSR count). The third-order valence-corrected chi connectivity index (χ3v) is 3.56. The molecule has 5 heteroatoms. The van der Waals surface area contributed by atoms with Gasteiger partial charge >= 0.3 is 5.97 Å². The Morgan fingerprint density at radius 3 is 2.88 bits per heavy atom. The highest BCUT2D eigenvalue weighted by atomic mass is 16.5. The van der Waals surface area contributed by atoms with Crippen LogP contribution < -0.4 is 0 Å². The van der Waals surface area contributed by atoms with Crippen LogP contribution in [0.1, 0.15) is 25.5 Å². The van der Waals surface area contributed by atoms with Crippen LogP contribution in [-0.4, -0.2) is 28.1 Å². The predicted octanol–water partition coefficient (Wildman–Crippen LogP) is 0.875. The number of carbonyl (C=O) groups is 2. The Morgan fingerprint density at radius 1 is 1.65 bits per heavy atom. The monoisotopic (exact) mass is 236 g/mol. The van der Waals surface area contributed by atoms with Crippen LogP contribution in [0.25, 0.3) is 0 Å². The fourth-order valence-corrected chi connectivity index (χ4v) is 2.27. The van der Waals surface area contributed by atoms with E-state index in [1.54, 1.807) is 10.9 Å². The molecule has 5 nitrogen and oxygen atoms in total. The molecule has 1 unspecified atom stereocenters. The van der Waals surface area contributed by atoms with Crippen LogP contribution >= 0.6 is 0 Å². The molecule has 0 spiro atoms. The first-order chi connectivity index (χ1) is 8.06. The summed E-state index contributed by atoms with van der Waals surface area (Å²) in [6.07, 6.45) is 3.37. The van der Waals surface area contributed by atoms with Crippen molar-refractivity contribution in [3.63, 3.8) is 0 Å². The van der Waals surface area contributed by atoms with Crippen molar-refractivity contribution >= 4 is 11.8 Å². The third-order valence-electron chi connectivity index (χ3n) is 3.56. The molecule has 1 saturated heterocycles. The Balaban J connectivity index is 2.12. The van der Waals surface area contributed by atoms with E-state index in [1.165, 1.54) is 6.92 Å². The van der Waals surface area contributed by atoms with Gasteiger partial charge in [-0.2, -0.15) is 5.10 Å². The summed E-state index contributed by atoms with van der Waals surface area (Å²) in [5.41, 5.74) is 0.0925. The summed E-state index contributed by atoms with van der Waals surface area (Å²) in [5, 5.41) is 4.06. The van der Waals surface area contributed by atoms with Gasteiger partial charge in [-0.3, -0.25) is 14.3 Å². The number of cyclic esters (lactones) is 1. The summed E-state index contributed by atoms with van der Waals surface area (Å²) in [6.45, 7) is 1.82. The zero-order chi connectivity index (χ0) is 12.5. The summed E-state index contributed by atoms with van der Waals surface area (Å²) in [7, 11) is 1.85. The molecule has 2 heterocycles. The Bertz CT molecular complexity index is 452. The SMILES string of the molecule is CC(=O)C1(CCc2ccnn2C)CCOC1=O. The van der Waals surface area contributed by atoms with E-state index in [4.69, 9.17) is 4.74 Å². The fourth-order valence-electron chi connectivity index (χ4n) is 2.27. The molecule has 1 atom stereocenters. The van der Waals surface area contributed by atoms with Crippen molar-refractivity contribution in [3.8, 4) is 0 Å². The van der Waals surface area contributed by atoms with Crippen molar-refractivity contribution in [2.24, 2.45) is 12.5 Å². The smallest absolute Gasteiger partial charge is 0.319 e. The second-order valence-corrected chi connectivity index (χ2v) is 4.47. The van der Waals surface area contributed by atoms with Gasteiger partial charge in [-0.1, -0.05) is 0 Å². The molecular formula is C12H16N2O3. The lowest BCUT2D eigenvalue weighted by molar-refractivity contribution is -0.151. The maximum atomic E-state index is 11.7. The van der Waals surface area contributed by atoms with Gasteiger partial charge in [0.1, 0.15) is 11.2 Å². The topological polar surface area (TPSA) is 61.2 Å². The summed E-state index contributed by atoms with van der Waals surface area (Å²) in [4.78, 5) is 23.4. The van der Waals surface area contributed by atoms with Gasteiger partial charge in [0.2, 0.25) is 0 Å². The van der Waals surface area contributed by atoms with Crippen molar-refractivity contribution in [2.75, 3.05) is 6.61 Å². The fraction of sp³-hybridized carbons (Fsp3) is 0.583. The Kier molecular flexibility index (Phi) is 3.00. The normalized spacial score (nSPS) is 23.8. The minimum absolute atomic E-state index is 0.0952. The Labute approximate surface area is 99.8 Å². The number of nitrogens with zero attached hydrogens (tertiary/aromatic N) is 2. The quantitative estimate of drug-likeness (QED) is 0.575. The molecule has 17 heavy (non-hydrogen) atoms. The van der Waals surface area contributed by atoms with E-state index in [-0.39, 0.29) is 11.8 Å². The van der Waals surface area contributed by atoms with Gasteiger partial charge in [-0.25, -0.2) is 0 Å². The Morgan fingerprint density at radius 2 is 2.41 bits per heavy atom. The number of ether oxygens (including phenoxy) is 1. The number of esters is 1. The molecule has 0 saturated carbocycles. The molecule has 1 aliphatic rings. The zero-order valence-corrected chi connectivity index (χ0v) is 10.1. The second kappa shape index (κ2) is 4.31. The van der Waals surface area contributed by atoms with Crippen molar-refractivity contribution in [2.45, 2.75) is 26.2 Å². The summed E-state index contributed by atoms with van der Waals surface area (Å²) >= 11 is 0. The zero-order valence-electron chi connectivity index (χ0n) is 10.1. The number of Topliss-reactive ketones (excluding diaryl/α,β-unsaturated/α-hetero) is 1. The number of aryl methyl sites for hydroxylation is 2. The highest BCUT2D eigenvalue weighted by Gasteiger charge is 2.48. The summed E-state index contributed by atoms with van der Waals surface area (Å²) in [5.74, 6) is -0.464. The van der Waals surface area contributed by atoms with E-state index in [0.29, 0.717) is 25.9 Å². The highest BCUT2D eigenvalue weighted by Crippen LogP contribution is 2.35. The minimum Gasteiger partial charge on any atom is -0.465 e. The second-order valence-electron chi connectivity index (χ2n) is 4.47. The first-order valence-electron chi connectivity index (χ1n) is 5.71. The molecule has 1 aliphatic heterocycles. The van der Waals surface area contributed by atoms with Crippen LogP contribution in [-0.2, 0) is 27.8 Å². The van der Waals surface area contributed by atoms with Crippen molar-refractivity contribution < 1.29 is 14.3 Å². The van der Waals surface area contributed by atoms with Gasteiger partial charge in [-0.05, 0) is 25.8 Å². The van der Waals surface area contributed by atoms with Crippen molar-refractivity contribution in [1.82, 2.24) is 9.78 Å². The molecule has 0 N–H and O–H groups in total. The maximum Gasteiger partial charge on any atom is 0.319 e. The van der Waals surface area contributed by atoms with E-state index in [9.17, 15) is 9.59 Å². The number of hydrogen-bond acceptors (Lipinski definition) is 4. The van der Waals surface area contributed by atoms with E-state index < -0.39 is 5.41 Å². The standard InChI is InChI=1S/C12H16N2O3/c1-9(15)12(6-8-17-11(12)16)5-3-10-4-7-13-14(10)2/h4,7H,3,5-6,8H2,1-2H3. The number of aromatic nitrogens is 2. The van der Waals surface area contributed by atoms with Crippen LogP contribution in [0.3, 0.4) is 0 Å². The van der Waals surface area contributed by atoms with Gasteiger partial charge in [0.25, 0.3) is 0 Å². The van der Waals surface area contributed by atoms with Crippen LogP contribution in [0.2, 0.25) is 0 Å². The largest absolute Gasteiger partial charge is 0.465 e. The molecule has 1 aromatic heterocycles. The van der Waals surface area contributed by atoms with E-state index in [2.05, 4.69) is 5.10 Å². The van der Waals surface area contributed by atoms with Gasteiger partial charge in [-0.15, -0.1) is 0 Å². The lowest BCUT2D eigenvalue weighted by Gasteiger charge is -2.20. The number of rotatable bonds is 4. The van der Waals surface area contributed by atoms with Crippen LogP contribution in [0.15, 0.2) is 12.3 Å². The lowest BCUT2D eigenvalue weighted by Crippen LogP contribution is -2.34. The number of ketones is 1. The molecule has 0 aromatic carbocycles. The van der Waals surface area contributed by atoms with Crippen LogP contribution in [0.4, 0.5) is 0 Å². The Hall–Kier alpha value is -1.65. The van der Waals surface area contributed by atoms with Crippen LogP contribution in [0, 0.1) is 5.41 Å². The van der Waals surface area contributed by atoms with E-state index in [0.717, 1.165) is 5.69 Å². The average Bonchev–Trinajstić information content (AvgIpc) is 2.83. The molecule has 92 valence electrons. The van der Waals surface area contributed by atoms with Crippen molar-refractivity contribution in [3.05, 3.63) is 18.0 Å². The number of hydrogen-bond donors (Lipinski definition) is 0. The van der Waals surface area contributed by atoms with Gasteiger partial charge < -0.3 is 4.74 Å². The predicted molar refractivity (Wildman–Crippen MR) is 60.2 cm³/mol. The molecule has 1 aromatic rings. The van der Waals surface area contributed by atoms with Crippen LogP contribution in [0.5, 0.6) is 0 Å². The molecule has 0 amide bonds. The molecule has 1 fully saturated rings. The van der Waals surface area contributed by atoms with E-state index in [1.807, 2.05) is 13.1 Å². The molecule has 0 aliphatic carbocycles. The molecule has 0 radical (unpaired) electrons. The van der Waals surface area contributed by atoms with Crippen molar-refractivity contribution in [1.29, 1.82) is 0 Å².